The smallest absolute Gasteiger partial charge is 0.178 e. The van der Waals surface area contributed by atoms with E-state index < -0.39 is 0 Å². The van der Waals surface area contributed by atoms with Crippen molar-refractivity contribution in [2.24, 2.45) is 11.8 Å². The van der Waals surface area contributed by atoms with Crippen LogP contribution in [0.3, 0.4) is 0 Å². The molecule has 1 saturated heterocycles. The summed E-state index contributed by atoms with van der Waals surface area (Å²) in [5.74, 6) is 1.60. The normalized spacial score (nSPS) is 24.1. The number of aromatic amines is 1. The van der Waals surface area contributed by atoms with Gasteiger partial charge in [0.05, 0.1) is 6.54 Å². The molecule has 0 radical (unpaired) electrons. The van der Waals surface area contributed by atoms with E-state index in [1.165, 1.54) is 6.42 Å². The fraction of sp³-hybridized carbons (Fsp3) is 0.471. The molecule has 1 aromatic carbocycles. The lowest BCUT2D eigenvalue weighted by atomic mass is 9.91. The van der Waals surface area contributed by atoms with Crippen molar-refractivity contribution in [3.8, 4) is 0 Å². The van der Waals surface area contributed by atoms with Gasteiger partial charge in [0.25, 0.3) is 0 Å². The topological polar surface area (TPSA) is 36.1 Å². The van der Waals surface area contributed by atoms with Crippen LogP contribution in [0.4, 0.5) is 0 Å². The predicted molar refractivity (Wildman–Crippen MR) is 82.0 cm³/mol. The summed E-state index contributed by atoms with van der Waals surface area (Å²) in [5, 5.41) is 1.04. The summed E-state index contributed by atoms with van der Waals surface area (Å²) in [5.41, 5.74) is 1.86. The van der Waals surface area contributed by atoms with E-state index in [1.54, 1.807) is 0 Å². The summed E-state index contributed by atoms with van der Waals surface area (Å²) in [6.45, 7) is 7.17. The monoisotopic (exact) mass is 270 g/mol. The molecule has 3 rings (SSSR count). The number of nitrogens with one attached hydrogen (secondary N) is 1. The van der Waals surface area contributed by atoms with E-state index in [-0.39, 0.29) is 5.78 Å². The Balaban J connectivity index is 1.76. The number of para-hydroxylation sites is 1. The molecule has 1 aliphatic heterocycles. The van der Waals surface area contributed by atoms with Crippen molar-refractivity contribution in [1.82, 2.24) is 9.88 Å². The summed E-state index contributed by atoms with van der Waals surface area (Å²) >= 11 is 0. The van der Waals surface area contributed by atoms with Crippen molar-refractivity contribution < 1.29 is 4.79 Å². The average molecular weight is 270 g/mol. The Morgan fingerprint density at radius 1 is 1.25 bits per heavy atom. The molecule has 106 valence electrons. The van der Waals surface area contributed by atoms with E-state index in [0.717, 1.165) is 29.6 Å². The first-order valence-electron chi connectivity index (χ1n) is 7.45. The van der Waals surface area contributed by atoms with Gasteiger partial charge in [0, 0.05) is 35.8 Å². The van der Waals surface area contributed by atoms with E-state index in [0.29, 0.717) is 18.4 Å². The van der Waals surface area contributed by atoms with Crippen LogP contribution >= 0.6 is 0 Å². The van der Waals surface area contributed by atoms with E-state index >= 15 is 0 Å². The first-order chi connectivity index (χ1) is 9.63. The van der Waals surface area contributed by atoms with Gasteiger partial charge in [-0.05, 0) is 24.3 Å². The highest BCUT2D eigenvalue weighted by molar-refractivity contribution is 6.08. The van der Waals surface area contributed by atoms with Crippen LogP contribution < -0.4 is 0 Å². The predicted octanol–water partition coefficient (Wildman–Crippen LogP) is 3.33. The van der Waals surface area contributed by atoms with Crippen molar-refractivity contribution >= 4 is 16.7 Å². The van der Waals surface area contributed by atoms with Gasteiger partial charge in [-0.2, -0.15) is 0 Å². The second-order valence-electron chi connectivity index (χ2n) is 6.31. The highest BCUT2D eigenvalue weighted by Gasteiger charge is 2.24. The molecule has 0 spiro atoms. The zero-order valence-electron chi connectivity index (χ0n) is 12.2. The maximum absolute atomic E-state index is 12.5. The van der Waals surface area contributed by atoms with E-state index in [1.807, 2.05) is 30.5 Å². The maximum Gasteiger partial charge on any atom is 0.178 e. The molecule has 20 heavy (non-hydrogen) atoms. The van der Waals surface area contributed by atoms with Gasteiger partial charge in [-0.3, -0.25) is 9.69 Å². The number of H-pyrrole nitrogens is 1. The van der Waals surface area contributed by atoms with Crippen LogP contribution in [-0.2, 0) is 0 Å². The number of aromatic nitrogens is 1. The van der Waals surface area contributed by atoms with Crippen LogP contribution in [0, 0.1) is 11.8 Å². The molecular weight excluding hydrogens is 248 g/mol. The third-order valence-electron chi connectivity index (χ3n) is 4.20. The number of hydrogen-bond acceptors (Lipinski definition) is 2. The fourth-order valence-electron chi connectivity index (χ4n) is 3.51. The standard InChI is InChI=1S/C17H22N2O/c1-12-7-13(2)10-19(9-12)11-17(20)15-8-18-16-6-4-3-5-14(15)16/h3-6,8,12-13,18H,7,9-11H2,1-2H3/t12-,13-/m0/s1. The van der Waals surface area contributed by atoms with Gasteiger partial charge >= 0.3 is 0 Å². The van der Waals surface area contributed by atoms with Crippen LogP contribution in [0.1, 0.15) is 30.6 Å². The lowest BCUT2D eigenvalue weighted by Gasteiger charge is -2.34. The van der Waals surface area contributed by atoms with Gasteiger partial charge in [0.2, 0.25) is 0 Å². The van der Waals surface area contributed by atoms with Gasteiger partial charge in [-0.1, -0.05) is 32.0 Å². The van der Waals surface area contributed by atoms with Crippen molar-refractivity contribution in [2.45, 2.75) is 20.3 Å². The second-order valence-corrected chi connectivity index (χ2v) is 6.31. The lowest BCUT2D eigenvalue weighted by molar-refractivity contribution is 0.0851. The number of hydrogen-bond donors (Lipinski definition) is 1. The molecule has 2 heterocycles. The molecule has 3 nitrogen and oxygen atoms in total. The molecule has 1 fully saturated rings. The minimum atomic E-state index is 0.226. The van der Waals surface area contributed by atoms with Crippen LogP contribution in [0.2, 0.25) is 0 Å². The quantitative estimate of drug-likeness (QED) is 0.868. The zero-order chi connectivity index (χ0) is 14.1. The molecule has 2 atom stereocenters. The number of fused-ring (bicyclic) bond motifs is 1. The van der Waals surface area contributed by atoms with E-state index in [9.17, 15) is 4.79 Å². The number of carbonyl (C=O) groups excluding carboxylic acids is 1. The first-order valence-corrected chi connectivity index (χ1v) is 7.45. The maximum atomic E-state index is 12.5. The molecule has 1 aromatic heterocycles. The van der Waals surface area contributed by atoms with Crippen LogP contribution in [0.25, 0.3) is 10.9 Å². The lowest BCUT2D eigenvalue weighted by Crippen LogP contribution is -2.41. The molecule has 0 unspecified atom stereocenters. The van der Waals surface area contributed by atoms with Crippen molar-refractivity contribution in [3.05, 3.63) is 36.0 Å². The number of carbonyl (C=O) groups is 1. The molecule has 0 aliphatic carbocycles. The van der Waals surface area contributed by atoms with Crippen molar-refractivity contribution in [2.75, 3.05) is 19.6 Å². The summed E-state index contributed by atoms with van der Waals surface area (Å²) in [4.78, 5) is 18.0. The molecule has 1 aliphatic rings. The Kier molecular flexibility index (Phi) is 3.62. The van der Waals surface area contributed by atoms with Crippen molar-refractivity contribution in [1.29, 1.82) is 0 Å². The minimum Gasteiger partial charge on any atom is -0.360 e. The number of rotatable bonds is 3. The molecule has 2 aromatic rings. The highest BCUT2D eigenvalue weighted by Crippen LogP contribution is 2.22. The Labute approximate surface area is 120 Å². The van der Waals surface area contributed by atoms with Crippen LogP contribution in [-0.4, -0.2) is 35.3 Å². The third-order valence-corrected chi connectivity index (χ3v) is 4.20. The number of benzene rings is 1. The number of Topliss-reactive ketones (excluding diaryl/α,β-unsaturated/α-hetero) is 1. The van der Waals surface area contributed by atoms with Crippen LogP contribution in [0.15, 0.2) is 30.5 Å². The molecule has 0 bridgehead atoms. The van der Waals surface area contributed by atoms with Gasteiger partial charge in [0.1, 0.15) is 0 Å². The van der Waals surface area contributed by atoms with E-state index in [2.05, 4.69) is 23.7 Å². The van der Waals surface area contributed by atoms with Gasteiger partial charge in [-0.15, -0.1) is 0 Å². The second kappa shape index (κ2) is 5.41. The average Bonchev–Trinajstić information content (AvgIpc) is 2.81. The van der Waals surface area contributed by atoms with Crippen LogP contribution in [0.5, 0.6) is 0 Å². The number of nitrogens with zero attached hydrogens (tertiary/aromatic N) is 1. The molecule has 0 amide bonds. The fourth-order valence-corrected chi connectivity index (χ4v) is 3.51. The first kappa shape index (κ1) is 13.4. The van der Waals surface area contributed by atoms with Crippen molar-refractivity contribution in [3.63, 3.8) is 0 Å². The Morgan fingerprint density at radius 2 is 1.95 bits per heavy atom. The largest absolute Gasteiger partial charge is 0.360 e. The number of piperidine rings is 1. The van der Waals surface area contributed by atoms with Gasteiger partial charge < -0.3 is 4.98 Å². The van der Waals surface area contributed by atoms with E-state index in [4.69, 9.17) is 0 Å². The summed E-state index contributed by atoms with van der Waals surface area (Å²) < 4.78 is 0. The summed E-state index contributed by atoms with van der Waals surface area (Å²) in [6, 6.07) is 8.00. The van der Waals surface area contributed by atoms with Gasteiger partial charge in [0.15, 0.2) is 5.78 Å². The number of likely N-dealkylation sites (tertiary alicyclic amines) is 1. The Hall–Kier alpha value is -1.61. The Morgan fingerprint density at radius 3 is 2.70 bits per heavy atom. The summed E-state index contributed by atoms with van der Waals surface area (Å²) in [7, 11) is 0. The third kappa shape index (κ3) is 2.63. The SMILES string of the molecule is C[C@H]1C[C@H](C)CN(CC(=O)c2c[nH]c3ccccc23)C1. The summed E-state index contributed by atoms with van der Waals surface area (Å²) in [6.07, 6.45) is 3.13. The molecular formula is C17H22N2O. The highest BCUT2D eigenvalue weighted by atomic mass is 16.1. The Bertz CT molecular complexity index is 606. The molecule has 0 saturated carbocycles. The molecule has 1 N–H and O–H groups in total. The molecule has 3 heteroatoms. The number of ketones is 1. The van der Waals surface area contributed by atoms with Gasteiger partial charge in [-0.25, -0.2) is 0 Å². The zero-order valence-corrected chi connectivity index (χ0v) is 12.2. The minimum absolute atomic E-state index is 0.226.